The molecule has 184 valence electrons. The van der Waals surface area contributed by atoms with Gasteiger partial charge in [-0.2, -0.15) is 0 Å². The summed E-state index contributed by atoms with van der Waals surface area (Å²) >= 11 is 1.41. The van der Waals surface area contributed by atoms with Crippen LogP contribution in [0.5, 0.6) is 0 Å². The van der Waals surface area contributed by atoms with Crippen LogP contribution in [0.25, 0.3) is 0 Å². The number of benzene rings is 3. The molecule has 8 heteroatoms. The number of hydrogen-bond acceptors (Lipinski definition) is 7. The third-order valence-corrected chi connectivity index (χ3v) is 6.79. The Bertz CT molecular complexity index is 1040. The van der Waals surface area contributed by atoms with E-state index >= 15 is 0 Å². The Labute approximate surface area is 209 Å². The fourth-order valence-electron chi connectivity index (χ4n) is 3.82. The number of hydrogen-bond donors (Lipinski definition) is 3. The monoisotopic (exact) mass is 495 g/mol. The van der Waals surface area contributed by atoms with Crippen LogP contribution in [-0.4, -0.2) is 52.7 Å². The standard InChI is InChI=1S/C27H29NO6S/c29-16-22-24(30)23(28-27(31)33-18-20-12-6-2-7-13-20)25(32-17-19-10-4-1-5-11-19)26(34-22)35-21-14-8-3-9-15-21/h1-15,22-26,29-30H,16-18H2,(H,28,31)/t22?,23?,24-,25+,26-/m0/s1. The number of aliphatic hydroxyl groups excluding tert-OH is 2. The third kappa shape index (κ3) is 7.06. The number of alkyl carbamates (subject to hydrolysis) is 1. The average molecular weight is 496 g/mol. The van der Waals surface area contributed by atoms with Gasteiger partial charge in [-0.25, -0.2) is 4.79 Å². The predicted octanol–water partition coefficient (Wildman–Crippen LogP) is 3.74. The van der Waals surface area contributed by atoms with Crippen LogP contribution in [0.3, 0.4) is 0 Å². The fourth-order valence-corrected chi connectivity index (χ4v) is 4.98. The van der Waals surface area contributed by atoms with E-state index in [1.54, 1.807) is 0 Å². The van der Waals surface area contributed by atoms with E-state index in [1.807, 2.05) is 91.0 Å². The minimum atomic E-state index is -1.20. The van der Waals surface area contributed by atoms with E-state index in [4.69, 9.17) is 14.2 Å². The molecule has 3 aromatic carbocycles. The molecular weight excluding hydrogens is 466 g/mol. The largest absolute Gasteiger partial charge is 0.445 e. The Morgan fingerprint density at radius 2 is 1.46 bits per heavy atom. The van der Waals surface area contributed by atoms with Crippen LogP contribution in [0.2, 0.25) is 0 Å². The van der Waals surface area contributed by atoms with Crippen molar-refractivity contribution in [2.75, 3.05) is 6.61 Å². The maximum absolute atomic E-state index is 12.7. The highest BCUT2D eigenvalue weighted by molar-refractivity contribution is 7.99. The molecule has 35 heavy (non-hydrogen) atoms. The van der Waals surface area contributed by atoms with Gasteiger partial charge in [-0.3, -0.25) is 0 Å². The summed E-state index contributed by atoms with van der Waals surface area (Å²) in [5.74, 6) is 0. The molecule has 2 unspecified atom stereocenters. The molecule has 3 N–H and O–H groups in total. The Kier molecular flexibility index (Phi) is 9.16. The van der Waals surface area contributed by atoms with E-state index in [9.17, 15) is 15.0 Å². The molecule has 0 saturated carbocycles. The van der Waals surface area contributed by atoms with Crippen LogP contribution < -0.4 is 5.32 Å². The van der Waals surface area contributed by atoms with Gasteiger partial charge in [0, 0.05) is 4.90 Å². The molecule has 1 saturated heterocycles. The maximum atomic E-state index is 12.7. The Morgan fingerprint density at radius 3 is 2.06 bits per heavy atom. The van der Waals surface area contributed by atoms with Crippen molar-refractivity contribution in [2.24, 2.45) is 0 Å². The van der Waals surface area contributed by atoms with Gasteiger partial charge in [0.2, 0.25) is 0 Å². The minimum absolute atomic E-state index is 0.0904. The fraction of sp³-hybridized carbons (Fsp3) is 0.296. The highest BCUT2D eigenvalue weighted by Crippen LogP contribution is 2.35. The predicted molar refractivity (Wildman–Crippen MR) is 133 cm³/mol. The first-order valence-electron chi connectivity index (χ1n) is 11.4. The quantitative estimate of drug-likeness (QED) is 0.416. The average Bonchev–Trinajstić information content (AvgIpc) is 2.90. The highest BCUT2D eigenvalue weighted by Gasteiger charge is 2.47. The summed E-state index contributed by atoms with van der Waals surface area (Å²) in [6, 6.07) is 27.7. The van der Waals surface area contributed by atoms with Crippen molar-refractivity contribution in [1.29, 1.82) is 0 Å². The molecule has 1 aliphatic heterocycles. The van der Waals surface area contributed by atoms with Gasteiger partial charge < -0.3 is 29.7 Å². The van der Waals surface area contributed by atoms with Gasteiger partial charge in [-0.1, -0.05) is 90.6 Å². The zero-order valence-corrected chi connectivity index (χ0v) is 19.9. The van der Waals surface area contributed by atoms with Crippen LogP contribution in [0.1, 0.15) is 11.1 Å². The van der Waals surface area contributed by atoms with E-state index in [-0.39, 0.29) is 13.2 Å². The van der Waals surface area contributed by atoms with E-state index in [0.29, 0.717) is 0 Å². The SMILES string of the molecule is O=C(NC1[C@@H](O)C(CO)O[C@@H](Sc2ccccc2)[C@@H]1OCc1ccccc1)OCc1ccccc1. The number of nitrogens with one attached hydrogen (secondary N) is 1. The zero-order chi connectivity index (χ0) is 24.5. The molecular formula is C27H29NO6S. The minimum Gasteiger partial charge on any atom is -0.445 e. The Hall–Kier alpha value is -2.88. The number of carbonyl (C=O) groups excluding carboxylic acids is 1. The van der Waals surface area contributed by atoms with Gasteiger partial charge in [0.25, 0.3) is 0 Å². The third-order valence-electron chi connectivity index (χ3n) is 5.64. The lowest BCUT2D eigenvalue weighted by atomic mass is 9.97. The molecule has 1 fully saturated rings. The van der Waals surface area contributed by atoms with E-state index in [0.717, 1.165) is 16.0 Å². The summed E-state index contributed by atoms with van der Waals surface area (Å²) in [5, 5.41) is 23.6. The summed E-state index contributed by atoms with van der Waals surface area (Å²) < 4.78 is 17.7. The normalized spacial score (nSPS) is 24.0. The molecule has 5 atom stereocenters. The van der Waals surface area contributed by atoms with Crippen molar-refractivity contribution < 1.29 is 29.2 Å². The topological polar surface area (TPSA) is 97.3 Å². The number of carbonyl (C=O) groups is 1. The van der Waals surface area contributed by atoms with Crippen LogP contribution in [0, 0.1) is 0 Å². The Balaban J connectivity index is 1.52. The van der Waals surface area contributed by atoms with Crippen LogP contribution in [-0.2, 0) is 27.4 Å². The van der Waals surface area contributed by atoms with Gasteiger partial charge in [-0.15, -0.1) is 0 Å². The van der Waals surface area contributed by atoms with Gasteiger partial charge in [0.1, 0.15) is 30.4 Å². The molecule has 0 bridgehead atoms. The Morgan fingerprint density at radius 1 is 0.886 bits per heavy atom. The lowest BCUT2D eigenvalue weighted by molar-refractivity contribution is -0.182. The van der Waals surface area contributed by atoms with Crippen molar-refractivity contribution in [3.63, 3.8) is 0 Å². The van der Waals surface area contributed by atoms with Gasteiger partial charge in [0.05, 0.1) is 19.3 Å². The second kappa shape index (κ2) is 12.7. The lowest BCUT2D eigenvalue weighted by Gasteiger charge is -2.44. The molecule has 3 aromatic rings. The van der Waals surface area contributed by atoms with E-state index < -0.39 is 42.5 Å². The maximum Gasteiger partial charge on any atom is 0.407 e. The van der Waals surface area contributed by atoms with Crippen molar-refractivity contribution in [2.45, 2.75) is 47.9 Å². The number of rotatable bonds is 9. The number of thioether (sulfide) groups is 1. The zero-order valence-electron chi connectivity index (χ0n) is 19.1. The molecule has 0 aromatic heterocycles. The van der Waals surface area contributed by atoms with Crippen molar-refractivity contribution >= 4 is 17.9 Å². The van der Waals surface area contributed by atoms with Crippen LogP contribution in [0.15, 0.2) is 95.9 Å². The smallest absolute Gasteiger partial charge is 0.407 e. The first-order valence-corrected chi connectivity index (χ1v) is 12.3. The van der Waals surface area contributed by atoms with Gasteiger partial charge in [-0.05, 0) is 23.3 Å². The number of ether oxygens (including phenoxy) is 3. The summed E-state index contributed by atoms with van der Waals surface area (Å²) in [6.07, 6.45) is -3.50. The van der Waals surface area contributed by atoms with Crippen molar-refractivity contribution in [3.8, 4) is 0 Å². The first kappa shape index (κ1) is 25.2. The van der Waals surface area contributed by atoms with Gasteiger partial charge in [0.15, 0.2) is 0 Å². The summed E-state index contributed by atoms with van der Waals surface area (Å²) in [6.45, 7) is -0.0582. The molecule has 0 spiro atoms. The molecule has 1 amide bonds. The number of amides is 1. The number of aliphatic hydroxyl groups is 2. The van der Waals surface area contributed by atoms with E-state index in [1.165, 1.54) is 11.8 Å². The van der Waals surface area contributed by atoms with E-state index in [2.05, 4.69) is 5.32 Å². The molecule has 0 aliphatic carbocycles. The summed E-state index contributed by atoms with van der Waals surface area (Å²) in [7, 11) is 0. The molecule has 1 heterocycles. The summed E-state index contributed by atoms with van der Waals surface area (Å²) in [4.78, 5) is 13.6. The van der Waals surface area contributed by atoms with Crippen molar-refractivity contribution in [1.82, 2.24) is 5.32 Å². The first-order chi connectivity index (χ1) is 17.1. The highest BCUT2D eigenvalue weighted by atomic mass is 32.2. The molecule has 1 aliphatic rings. The molecule has 0 radical (unpaired) electrons. The second-order valence-electron chi connectivity index (χ2n) is 8.14. The second-order valence-corrected chi connectivity index (χ2v) is 9.31. The van der Waals surface area contributed by atoms with Crippen LogP contribution in [0.4, 0.5) is 4.79 Å². The molecule has 7 nitrogen and oxygen atoms in total. The summed E-state index contributed by atoms with van der Waals surface area (Å²) in [5.41, 5.74) is 1.19. The lowest BCUT2D eigenvalue weighted by Crippen LogP contribution is -2.64. The van der Waals surface area contributed by atoms with Crippen molar-refractivity contribution in [3.05, 3.63) is 102 Å². The van der Waals surface area contributed by atoms with Gasteiger partial charge >= 0.3 is 6.09 Å². The molecule has 4 rings (SSSR count). The van der Waals surface area contributed by atoms with Crippen LogP contribution >= 0.6 is 11.8 Å².